The third-order valence-corrected chi connectivity index (χ3v) is 6.94. The Morgan fingerprint density at radius 3 is 1.77 bits per heavy atom. The lowest BCUT2D eigenvalue weighted by atomic mass is 10.0. The summed E-state index contributed by atoms with van der Waals surface area (Å²) in [5.41, 5.74) is 0.678. The molecule has 0 saturated carbocycles. The van der Waals surface area contributed by atoms with E-state index in [9.17, 15) is 9.90 Å². The maximum Gasteiger partial charge on any atom is 0.319 e. The number of urea groups is 1. The second-order valence-electron chi connectivity index (χ2n) is 10.6. The van der Waals surface area contributed by atoms with Gasteiger partial charge in [-0.3, -0.25) is 0 Å². The number of nitrogens with one attached hydrogen (secondary N) is 2. The van der Waals surface area contributed by atoms with E-state index in [2.05, 4.69) is 24.5 Å². The molecule has 1 atom stereocenters. The van der Waals surface area contributed by atoms with Crippen molar-refractivity contribution in [1.82, 2.24) is 5.32 Å². The monoisotopic (exact) mass is 540 g/mol. The highest BCUT2D eigenvalue weighted by Crippen LogP contribution is 2.24. The average molecular weight is 541 g/mol. The van der Waals surface area contributed by atoms with Gasteiger partial charge in [0.05, 0.1) is 12.7 Å². The first-order valence-corrected chi connectivity index (χ1v) is 15.3. The molecule has 0 bridgehead atoms. The van der Waals surface area contributed by atoms with Crippen molar-refractivity contribution in [1.29, 1.82) is 0 Å². The summed E-state index contributed by atoms with van der Waals surface area (Å²) < 4.78 is 11.6. The van der Waals surface area contributed by atoms with Crippen molar-refractivity contribution in [2.45, 2.75) is 116 Å². The minimum Gasteiger partial charge on any atom is -0.508 e. The standard InChI is InChI=1S/C33H52N2O4/c1-3-4-5-6-7-8-9-10-11-12-13-14-15-16-17-28(2)38-27-26-34-33(37)35-29-18-22-31(23-19-29)39-32-24-20-30(36)21-25-32/h18-25,28,36H,3-17,26-27H2,1-2H3,(H2,34,35,37). The van der Waals surface area contributed by atoms with Crippen LogP contribution in [0.5, 0.6) is 17.2 Å². The van der Waals surface area contributed by atoms with Crippen LogP contribution in [0.25, 0.3) is 0 Å². The molecular weight excluding hydrogens is 488 g/mol. The van der Waals surface area contributed by atoms with Gasteiger partial charge >= 0.3 is 6.03 Å². The summed E-state index contributed by atoms with van der Waals surface area (Å²) in [4.78, 5) is 12.2. The van der Waals surface area contributed by atoms with Crippen LogP contribution in [-0.4, -0.2) is 30.4 Å². The molecule has 2 rings (SSSR count). The van der Waals surface area contributed by atoms with Crippen LogP contribution in [0.2, 0.25) is 0 Å². The first-order chi connectivity index (χ1) is 19.1. The summed E-state index contributed by atoms with van der Waals surface area (Å²) in [6.07, 6.45) is 20.5. The maximum atomic E-state index is 12.2. The van der Waals surface area contributed by atoms with E-state index < -0.39 is 0 Å². The Kier molecular flexibility index (Phi) is 17.6. The normalized spacial score (nSPS) is 11.7. The summed E-state index contributed by atoms with van der Waals surface area (Å²) in [5.74, 6) is 1.47. The number of phenolic OH excluding ortho intramolecular Hbond substituents is 1. The molecule has 2 aromatic rings. The molecule has 0 spiro atoms. The van der Waals surface area contributed by atoms with Crippen molar-refractivity contribution in [3.63, 3.8) is 0 Å². The lowest BCUT2D eigenvalue weighted by Gasteiger charge is -2.14. The molecule has 0 heterocycles. The quantitative estimate of drug-likeness (QED) is 0.130. The molecule has 0 aromatic heterocycles. The molecule has 0 saturated heterocycles. The van der Waals surface area contributed by atoms with Crippen molar-refractivity contribution in [3.05, 3.63) is 48.5 Å². The minimum atomic E-state index is -0.259. The van der Waals surface area contributed by atoms with Gasteiger partial charge in [0.1, 0.15) is 17.2 Å². The van der Waals surface area contributed by atoms with Crippen LogP contribution in [0.1, 0.15) is 110 Å². The van der Waals surface area contributed by atoms with E-state index >= 15 is 0 Å². The van der Waals surface area contributed by atoms with Gasteiger partial charge in [-0.05, 0) is 61.9 Å². The smallest absolute Gasteiger partial charge is 0.319 e. The fourth-order valence-electron chi connectivity index (χ4n) is 4.57. The van der Waals surface area contributed by atoms with Gasteiger partial charge < -0.3 is 25.2 Å². The molecule has 0 fully saturated rings. The van der Waals surface area contributed by atoms with E-state index in [0.29, 0.717) is 30.3 Å². The number of amides is 2. The largest absolute Gasteiger partial charge is 0.508 e. The Labute approximate surface area is 236 Å². The fraction of sp³-hybridized carbons (Fsp3) is 0.606. The van der Waals surface area contributed by atoms with Crippen LogP contribution in [0.3, 0.4) is 0 Å². The van der Waals surface area contributed by atoms with Gasteiger partial charge in [-0.1, -0.05) is 96.8 Å². The number of unbranched alkanes of at least 4 members (excludes halogenated alkanes) is 13. The van der Waals surface area contributed by atoms with Crippen LogP contribution in [0, 0.1) is 0 Å². The zero-order valence-electron chi connectivity index (χ0n) is 24.4. The van der Waals surface area contributed by atoms with E-state index in [1.54, 1.807) is 48.5 Å². The second-order valence-corrected chi connectivity index (χ2v) is 10.6. The van der Waals surface area contributed by atoms with E-state index in [-0.39, 0.29) is 17.9 Å². The first-order valence-electron chi connectivity index (χ1n) is 15.3. The van der Waals surface area contributed by atoms with Crippen molar-refractivity contribution in [2.24, 2.45) is 0 Å². The molecule has 0 radical (unpaired) electrons. The van der Waals surface area contributed by atoms with Gasteiger partial charge in [0.2, 0.25) is 0 Å². The number of carbonyl (C=O) groups excluding carboxylic acids is 1. The molecule has 3 N–H and O–H groups in total. The molecule has 2 aromatic carbocycles. The SMILES string of the molecule is CCCCCCCCCCCCCCCCC(C)OCCNC(=O)Nc1ccc(Oc2ccc(O)cc2)cc1. The molecule has 2 amide bonds. The van der Waals surface area contributed by atoms with Crippen LogP contribution >= 0.6 is 0 Å². The second kappa shape index (κ2) is 21.1. The van der Waals surface area contributed by atoms with Gasteiger partial charge in [0.25, 0.3) is 0 Å². The molecule has 1 unspecified atom stereocenters. The van der Waals surface area contributed by atoms with Gasteiger partial charge in [0, 0.05) is 12.2 Å². The van der Waals surface area contributed by atoms with E-state index in [4.69, 9.17) is 9.47 Å². The zero-order chi connectivity index (χ0) is 28.0. The predicted octanol–water partition coefficient (Wildman–Crippen LogP) is 9.58. The van der Waals surface area contributed by atoms with Gasteiger partial charge in [0.15, 0.2) is 0 Å². The van der Waals surface area contributed by atoms with Crippen molar-refractivity contribution >= 4 is 11.7 Å². The number of ether oxygens (including phenoxy) is 2. The van der Waals surface area contributed by atoms with Crippen molar-refractivity contribution in [2.75, 3.05) is 18.5 Å². The van der Waals surface area contributed by atoms with Crippen LogP contribution in [-0.2, 0) is 4.74 Å². The number of hydrogen-bond donors (Lipinski definition) is 3. The van der Waals surface area contributed by atoms with Gasteiger partial charge in [-0.2, -0.15) is 0 Å². The van der Waals surface area contributed by atoms with Crippen LogP contribution in [0.15, 0.2) is 48.5 Å². The molecular formula is C33H52N2O4. The minimum absolute atomic E-state index is 0.192. The summed E-state index contributed by atoms with van der Waals surface area (Å²) in [6.45, 7) is 5.37. The number of phenols is 1. The lowest BCUT2D eigenvalue weighted by molar-refractivity contribution is 0.0615. The third-order valence-electron chi connectivity index (χ3n) is 6.94. The number of aromatic hydroxyl groups is 1. The van der Waals surface area contributed by atoms with Crippen LogP contribution < -0.4 is 15.4 Å². The summed E-state index contributed by atoms with van der Waals surface area (Å²) >= 11 is 0. The lowest BCUT2D eigenvalue weighted by Crippen LogP contribution is -2.32. The molecule has 218 valence electrons. The first kappa shape index (κ1) is 32.5. The molecule has 0 aliphatic rings. The average Bonchev–Trinajstić information content (AvgIpc) is 2.93. The third kappa shape index (κ3) is 16.8. The Morgan fingerprint density at radius 1 is 0.744 bits per heavy atom. The topological polar surface area (TPSA) is 79.8 Å². The van der Waals surface area contributed by atoms with E-state index in [1.807, 2.05) is 0 Å². The van der Waals surface area contributed by atoms with E-state index in [0.717, 1.165) is 6.42 Å². The van der Waals surface area contributed by atoms with Crippen LogP contribution in [0.4, 0.5) is 10.5 Å². The van der Waals surface area contributed by atoms with Gasteiger partial charge in [-0.25, -0.2) is 4.79 Å². The predicted molar refractivity (Wildman–Crippen MR) is 162 cm³/mol. The number of benzene rings is 2. The van der Waals surface area contributed by atoms with Gasteiger partial charge in [-0.15, -0.1) is 0 Å². The van der Waals surface area contributed by atoms with Crippen molar-refractivity contribution < 1.29 is 19.4 Å². The molecule has 6 heteroatoms. The van der Waals surface area contributed by atoms with E-state index in [1.165, 1.54) is 89.9 Å². The Bertz CT molecular complexity index is 870. The Balaban J connectivity index is 1.40. The molecule has 6 nitrogen and oxygen atoms in total. The highest BCUT2D eigenvalue weighted by molar-refractivity contribution is 5.89. The number of rotatable bonds is 22. The van der Waals surface area contributed by atoms with Crippen molar-refractivity contribution in [3.8, 4) is 17.2 Å². The highest BCUT2D eigenvalue weighted by atomic mass is 16.5. The number of carbonyl (C=O) groups is 1. The molecule has 0 aliphatic heterocycles. The Hall–Kier alpha value is -2.73. The molecule has 39 heavy (non-hydrogen) atoms. The summed E-state index contributed by atoms with van der Waals surface area (Å²) in [5, 5.41) is 15.0. The number of hydrogen-bond acceptors (Lipinski definition) is 4. The Morgan fingerprint density at radius 2 is 1.23 bits per heavy atom. The highest BCUT2D eigenvalue weighted by Gasteiger charge is 2.05. The molecule has 0 aliphatic carbocycles. The summed E-state index contributed by atoms with van der Waals surface area (Å²) in [7, 11) is 0. The number of anilines is 1. The summed E-state index contributed by atoms with van der Waals surface area (Å²) in [6, 6.07) is 13.4. The zero-order valence-corrected chi connectivity index (χ0v) is 24.4. The fourth-order valence-corrected chi connectivity index (χ4v) is 4.57. The maximum absolute atomic E-state index is 12.2.